The van der Waals surface area contributed by atoms with E-state index >= 15 is 0 Å². The molecular formula is C23H24N8O. The molecule has 1 aliphatic heterocycles. The van der Waals surface area contributed by atoms with Crippen molar-refractivity contribution in [2.45, 2.75) is 26.3 Å². The van der Waals surface area contributed by atoms with Crippen molar-refractivity contribution in [2.75, 3.05) is 16.8 Å². The average molecular weight is 429 g/mol. The summed E-state index contributed by atoms with van der Waals surface area (Å²) in [7, 11) is 1.90. The fourth-order valence-corrected chi connectivity index (χ4v) is 3.97. The van der Waals surface area contributed by atoms with Crippen molar-refractivity contribution in [1.82, 2.24) is 29.5 Å². The van der Waals surface area contributed by atoms with Crippen molar-refractivity contribution in [3.05, 3.63) is 60.7 Å². The van der Waals surface area contributed by atoms with Crippen LogP contribution in [0.15, 0.2) is 55.1 Å². The molecule has 32 heavy (non-hydrogen) atoms. The van der Waals surface area contributed by atoms with Crippen LogP contribution in [0.5, 0.6) is 0 Å². The Morgan fingerprint density at radius 2 is 2.03 bits per heavy atom. The van der Waals surface area contributed by atoms with Crippen LogP contribution in [0, 0.1) is 0 Å². The van der Waals surface area contributed by atoms with Crippen LogP contribution in [0.2, 0.25) is 0 Å². The van der Waals surface area contributed by atoms with Gasteiger partial charge in [0.05, 0.1) is 6.20 Å². The van der Waals surface area contributed by atoms with Gasteiger partial charge in [0.1, 0.15) is 17.8 Å². The minimum absolute atomic E-state index is 0.201. The molecule has 4 aromatic rings. The number of nitrogens with one attached hydrogen (secondary N) is 1. The predicted molar refractivity (Wildman–Crippen MR) is 122 cm³/mol. The standard InChI is InChI=1S/C23H24N8O/c1-15(2)31-14-24-28-22(31)19-5-4-6-21(26-19)27-23(32)30-10-9-17-11-16(7-8-20(17)30)18-12-25-29(3)13-18/h4-8,11-15H,9-10H2,1-3H3,(H,26,27,32). The topological polar surface area (TPSA) is 93.8 Å². The maximum atomic E-state index is 13.0. The van der Waals surface area contributed by atoms with E-state index in [4.69, 9.17) is 0 Å². The summed E-state index contributed by atoms with van der Waals surface area (Å²) in [5, 5.41) is 15.4. The Labute approximate surface area is 185 Å². The summed E-state index contributed by atoms with van der Waals surface area (Å²) in [5.41, 5.74) is 4.90. The van der Waals surface area contributed by atoms with Crippen molar-refractivity contribution in [1.29, 1.82) is 0 Å². The number of urea groups is 1. The highest BCUT2D eigenvalue weighted by atomic mass is 16.2. The van der Waals surface area contributed by atoms with Crippen LogP contribution in [0.1, 0.15) is 25.5 Å². The molecule has 0 radical (unpaired) electrons. The lowest BCUT2D eigenvalue weighted by Crippen LogP contribution is -2.33. The molecule has 3 aromatic heterocycles. The SMILES string of the molecule is CC(C)n1cnnc1-c1cccc(NC(=O)N2CCc3cc(-c4cnn(C)c4)ccc32)n1. The van der Waals surface area contributed by atoms with Gasteiger partial charge in [-0.15, -0.1) is 10.2 Å². The molecule has 0 bridgehead atoms. The summed E-state index contributed by atoms with van der Waals surface area (Å²) in [4.78, 5) is 19.4. The molecule has 4 heterocycles. The Morgan fingerprint density at radius 3 is 2.81 bits per heavy atom. The normalized spacial score (nSPS) is 12.9. The maximum absolute atomic E-state index is 13.0. The van der Waals surface area contributed by atoms with Crippen molar-refractivity contribution >= 4 is 17.5 Å². The highest BCUT2D eigenvalue weighted by Crippen LogP contribution is 2.32. The molecule has 0 fully saturated rings. The number of amides is 2. The summed E-state index contributed by atoms with van der Waals surface area (Å²) < 4.78 is 3.73. The molecule has 0 unspecified atom stereocenters. The van der Waals surface area contributed by atoms with Gasteiger partial charge in [-0.2, -0.15) is 5.10 Å². The van der Waals surface area contributed by atoms with E-state index in [1.165, 1.54) is 0 Å². The molecule has 9 heteroatoms. The first kappa shape index (κ1) is 19.9. The first-order valence-corrected chi connectivity index (χ1v) is 10.6. The number of rotatable bonds is 4. The largest absolute Gasteiger partial charge is 0.327 e. The molecule has 0 spiro atoms. The van der Waals surface area contributed by atoms with Gasteiger partial charge in [-0.25, -0.2) is 9.78 Å². The number of carbonyl (C=O) groups excluding carboxylic acids is 1. The lowest BCUT2D eigenvalue weighted by molar-refractivity contribution is 0.257. The van der Waals surface area contributed by atoms with Gasteiger partial charge in [-0.3, -0.25) is 14.9 Å². The average Bonchev–Trinajstić information content (AvgIpc) is 3.52. The molecule has 2 amide bonds. The van der Waals surface area contributed by atoms with Gasteiger partial charge < -0.3 is 4.57 Å². The molecule has 162 valence electrons. The molecule has 0 atom stereocenters. The Bertz CT molecular complexity index is 1290. The van der Waals surface area contributed by atoms with Crippen LogP contribution < -0.4 is 10.2 Å². The molecule has 1 aliphatic rings. The van der Waals surface area contributed by atoms with Crippen LogP contribution in [0.25, 0.3) is 22.6 Å². The van der Waals surface area contributed by atoms with Gasteiger partial charge in [-0.1, -0.05) is 12.1 Å². The summed E-state index contributed by atoms with van der Waals surface area (Å²) in [6.45, 7) is 4.74. The molecule has 5 rings (SSSR count). The Morgan fingerprint density at radius 1 is 1.16 bits per heavy atom. The Hall–Kier alpha value is -4.01. The molecule has 9 nitrogen and oxygen atoms in total. The zero-order valence-electron chi connectivity index (χ0n) is 18.2. The number of anilines is 2. The van der Waals surface area contributed by atoms with Crippen LogP contribution in [0.4, 0.5) is 16.3 Å². The highest BCUT2D eigenvalue weighted by molar-refractivity contribution is 6.03. The quantitative estimate of drug-likeness (QED) is 0.532. The molecule has 1 N–H and O–H groups in total. The maximum Gasteiger partial charge on any atom is 0.327 e. The first-order valence-electron chi connectivity index (χ1n) is 10.6. The molecule has 0 saturated heterocycles. The van der Waals surface area contributed by atoms with Crippen molar-refractivity contribution in [2.24, 2.45) is 7.05 Å². The first-order chi connectivity index (χ1) is 15.5. The van der Waals surface area contributed by atoms with E-state index in [1.54, 1.807) is 22.0 Å². The molecule has 0 aliphatic carbocycles. The van der Waals surface area contributed by atoms with Crippen molar-refractivity contribution in [3.63, 3.8) is 0 Å². The zero-order chi connectivity index (χ0) is 22.2. The lowest BCUT2D eigenvalue weighted by atomic mass is 10.0. The van der Waals surface area contributed by atoms with Crippen molar-refractivity contribution in [3.8, 4) is 22.6 Å². The Balaban J connectivity index is 1.35. The summed E-state index contributed by atoms with van der Waals surface area (Å²) in [5.74, 6) is 1.15. The van der Waals surface area contributed by atoms with Gasteiger partial charge in [0.2, 0.25) is 0 Å². The lowest BCUT2D eigenvalue weighted by Gasteiger charge is -2.18. The van der Waals surface area contributed by atoms with E-state index in [9.17, 15) is 4.79 Å². The third-order valence-electron chi connectivity index (χ3n) is 5.60. The van der Waals surface area contributed by atoms with Crippen LogP contribution in [0.3, 0.4) is 0 Å². The third-order valence-corrected chi connectivity index (χ3v) is 5.60. The Kier molecular flexibility index (Phi) is 4.93. The van der Waals surface area contributed by atoms with E-state index < -0.39 is 0 Å². The highest BCUT2D eigenvalue weighted by Gasteiger charge is 2.25. The monoisotopic (exact) mass is 428 g/mol. The summed E-state index contributed by atoms with van der Waals surface area (Å²) in [6, 6.07) is 11.7. The summed E-state index contributed by atoms with van der Waals surface area (Å²) >= 11 is 0. The second-order valence-electron chi connectivity index (χ2n) is 8.14. The number of hydrogen-bond donors (Lipinski definition) is 1. The number of nitrogens with zero attached hydrogens (tertiary/aromatic N) is 7. The van der Waals surface area contributed by atoms with Gasteiger partial charge in [0.15, 0.2) is 5.82 Å². The number of fused-ring (bicyclic) bond motifs is 1. The minimum Gasteiger partial charge on any atom is -0.310 e. The van der Waals surface area contributed by atoms with E-state index in [-0.39, 0.29) is 12.1 Å². The zero-order valence-corrected chi connectivity index (χ0v) is 18.2. The number of aryl methyl sites for hydroxylation is 1. The minimum atomic E-state index is -0.201. The van der Waals surface area contributed by atoms with E-state index in [0.717, 1.165) is 28.8 Å². The second-order valence-corrected chi connectivity index (χ2v) is 8.14. The summed E-state index contributed by atoms with van der Waals surface area (Å²) in [6.07, 6.45) is 6.33. The fourth-order valence-electron chi connectivity index (χ4n) is 3.97. The van der Waals surface area contributed by atoms with Crippen LogP contribution in [-0.4, -0.2) is 42.1 Å². The van der Waals surface area contributed by atoms with E-state index in [2.05, 4.69) is 45.5 Å². The van der Waals surface area contributed by atoms with Gasteiger partial charge >= 0.3 is 6.03 Å². The predicted octanol–water partition coefficient (Wildman–Crippen LogP) is 3.92. The second kappa shape index (κ2) is 7.92. The molecule has 0 saturated carbocycles. The van der Waals surface area contributed by atoms with Gasteiger partial charge in [-0.05, 0) is 55.7 Å². The fraction of sp³-hybridized carbons (Fsp3) is 0.261. The molecule has 1 aromatic carbocycles. The van der Waals surface area contributed by atoms with Gasteiger partial charge in [0, 0.05) is 37.1 Å². The van der Waals surface area contributed by atoms with Crippen LogP contribution in [-0.2, 0) is 13.5 Å². The van der Waals surface area contributed by atoms with Crippen molar-refractivity contribution < 1.29 is 4.79 Å². The smallest absolute Gasteiger partial charge is 0.310 e. The number of hydrogen-bond acceptors (Lipinski definition) is 5. The van der Waals surface area contributed by atoms with Gasteiger partial charge in [0.25, 0.3) is 0 Å². The van der Waals surface area contributed by atoms with E-state index in [1.807, 2.05) is 48.3 Å². The number of aromatic nitrogens is 6. The number of carbonyl (C=O) groups is 1. The van der Waals surface area contributed by atoms with Crippen LogP contribution >= 0.6 is 0 Å². The molecular weight excluding hydrogens is 404 g/mol. The number of benzene rings is 1. The van der Waals surface area contributed by atoms with E-state index in [0.29, 0.717) is 23.9 Å². The third kappa shape index (κ3) is 3.62. The number of pyridine rings is 1.